The van der Waals surface area contributed by atoms with E-state index in [-0.39, 0.29) is 18.2 Å². The van der Waals surface area contributed by atoms with Gasteiger partial charge in [-0.15, -0.1) is 0 Å². The zero-order valence-electron chi connectivity index (χ0n) is 8.07. The predicted molar refractivity (Wildman–Crippen MR) is 44.0 cm³/mol. The first kappa shape index (κ1) is 8.97. The van der Waals surface area contributed by atoms with Crippen molar-refractivity contribution >= 4 is 5.97 Å². The molecule has 0 aromatic carbocycles. The van der Waals surface area contributed by atoms with Crippen LogP contribution in [0.5, 0.6) is 0 Å². The standard InChI is InChI=1S/C9H14O4/c1-4-5-6-7(8(10)11-5)13-9(2,3)12-6/h5-7H,4H2,1-3H3/t5-,6+,7?/m0/s1. The van der Waals surface area contributed by atoms with Crippen LogP contribution < -0.4 is 0 Å². The number of hydrogen-bond acceptors (Lipinski definition) is 4. The molecule has 2 aliphatic heterocycles. The van der Waals surface area contributed by atoms with Gasteiger partial charge in [-0.25, -0.2) is 4.79 Å². The van der Waals surface area contributed by atoms with Crippen LogP contribution in [-0.4, -0.2) is 30.1 Å². The Morgan fingerprint density at radius 1 is 1.38 bits per heavy atom. The van der Waals surface area contributed by atoms with Crippen LogP contribution in [0.3, 0.4) is 0 Å². The fourth-order valence-corrected chi connectivity index (χ4v) is 1.84. The summed E-state index contributed by atoms with van der Waals surface area (Å²) in [7, 11) is 0. The van der Waals surface area contributed by atoms with E-state index in [1.165, 1.54) is 0 Å². The van der Waals surface area contributed by atoms with Crippen LogP contribution in [0.25, 0.3) is 0 Å². The van der Waals surface area contributed by atoms with Gasteiger partial charge < -0.3 is 14.2 Å². The number of ether oxygens (including phenoxy) is 3. The zero-order chi connectivity index (χ0) is 9.64. The highest BCUT2D eigenvalue weighted by Gasteiger charge is 2.55. The second kappa shape index (κ2) is 2.69. The summed E-state index contributed by atoms with van der Waals surface area (Å²) in [5.41, 5.74) is 0. The molecule has 0 aromatic heterocycles. The van der Waals surface area contributed by atoms with E-state index < -0.39 is 11.9 Å². The van der Waals surface area contributed by atoms with E-state index in [0.717, 1.165) is 6.42 Å². The van der Waals surface area contributed by atoms with Gasteiger partial charge in [0, 0.05) is 0 Å². The molecule has 2 aliphatic rings. The summed E-state index contributed by atoms with van der Waals surface area (Å²) < 4.78 is 16.1. The number of hydrogen-bond donors (Lipinski definition) is 0. The van der Waals surface area contributed by atoms with Crippen molar-refractivity contribution in [2.45, 2.75) is 51.3 Å². The van der Waals surface area contributed by atoms with Crippen molar-refractivity contribution in [3.63, 3.8) is 0 Å². The average Bonchev–Trinajstić information content (AvgIpc) is 2.47. The molecule has 2 heterocycles. The summed E-state index contributed by atoms with van der Waals surface area (Å²) in [4.78, 5) is 11.3. The van der Waals surface area contributed by atoms with Crippen LogP contribution in [0.1, 0.15) is 27.2 Å². The molecule has 1 unspecified atom stereocenters. The fraction of sp³-hybridized carbons (Fsp3) is 0.889. The van der Waals surface area contributed by atoms with Crippen molar-refractivity contribution in [1.29, 1.82) is 0 Å². The summed E-state index contributed by atoms with van der Waals surface area (Å²) in [5, 5.41) is 0. The third-order valence-corrected chi connectivity index (χ3v) is 2.40. The maximum absolute atomic E-state index is 11.3. The number of fused-ring (bicyclic) bond motifs is 1. The van der Waals surface area contributed by atoms with Gasteiger partial charge in [0.1, 0.15) is 12.2 Å². The monoisotopic (exact) mass is 186 g/mol. The molecule has 13 heavy (non-hydrogen) atoms. The summed E-state index contributed by atoms with van der Waals surface area (Å²) in [6.07, 6.45) is -0.0986. The lowest BCUT2D eigenvalue weighted by molar-refractivity contribution is -0.186. The van der Waals surface area contributed by atoms with Gasteiger partial charge in [0.25, 0.3) is 0 Å². The predicted octanol–water partition coefficient (Wildman–Crippen LogP) is 0.842. The van der Waals surface area contributed by atoms with E-state index in [0.29, 0.717) is 0 Å². The SMILES string of the molecule is CC[C@@H]1OC(=O)C2OC(C)(C)O[C@@H]21. The van der Waals surface area contributed by atoms with Crippen molar-refractivity contribution in [2.24, 2.45) is 0 Å². The highest BCUT2D eigenvalue weighted by atomic mass is 16.8. The molecule has 4 heteroatoms. The second-order valence-electron chi connectivity index (χ2n) is 3.90. The number of carbonyl (C=O) groups excluding carboxylic acids is 1. The number of rotatable bonds is 1. The molecule has 0 spiro atoms. The second-order valence-corrected chi connectivity index (χ2v) is 3.90. The van der Waals surface area contributed by atoms with Crippen LogP contribution >= 0.6 is 0 Å². The minimum atomic E-state index is -0.651. The summed E-state index contributed by atoms with van der Waals surface area (Å²) >= 11 is 0. The van der Waals surface area contributed by atoms with Crippen molar-refractivity contribution in [3.05, 3.63) is 0 Å². The Morgan fingerprint density at radius 2 is 2.08 bits per heavy atom. The lowest BCUT2D eigenvalue weighted by Gasteiger charge is -2.20. The molecule has 0 amide bonds. The van der Waals surface area contributed by atoms with Crippen molar-refractivity contribution in [1.82, 2.24) is 0 Å². The van der Waals surface area contributed by atoms with E-state index in [1.807, 2.05) is 20.8 Å². The minimum Gasteiger partial charge on any atom is -0.457 e. The summed E-state index contributed by atoms with van der Waals surface area (Å²) in [6.45, 7) is 5.59. The Morgan fingerprint density at radius 3 is 2.69 bits per heavy atom. The average molecular weight is 186 g/mol. The van der Waals surface area contributed by atoms with E-state index >= 15 is 0 Å². The first-order chi connectivity index (χ1) is 6.03. The molecule has 4 nitrogen and oxygen atoms in total. The summed E-state index contributed by atoms with van der Waals surface area (Å²) in [5.74, 6) is -0.940. The quantitative estimate of drug-likeness (QED) is 0.569. The molecule has 2 rings (SSSR count). The normalized spacial score (nSPS) is 41.8. The number of carbonyl (C=O) groups is 1. The van der Waals surface area contributed by atoms with Crippen LogP contribution in [0.2, 0.25) is 0 Å². The van der Waals surface area contributed by atoms with Gasteiger partial charge in [-0.1, -0.05) is 6.92 Å². The van der Waals surface area contributed by atoms with Crippen molar-refractivity contribution in [2.75, 3.05) is 0 Å². The zero-order valence-corrected chi connectivity index (χ0v) is 8.07. The van der Waals surface area contributed by atoms with E-state index in [1.54, 1.807) is 0 Å². The topological polar surface area (TPSA) is 44.8 Å². The van der Waals surface area contributed by atoms with Gasteiger partial charge in [-0.3, -0.25) is 0 Å². The molecule has 0 radical (unpaired) electrons. The first-order valence-corrected chi connectivity index (χ1v) is 4.59. The maximum Gasteiger partial charge on any atom is 0.338 e. The third kappa shape index (κ3) is 1.34. The van der Waals surface area contributed by atoms with Gasteiger partial charge in [0.15, 0.2) is 11.9 Å². The van der Waals surface area contributed by atoms with E-state index in [2.05, 4.69) is 0 Å². The van der Waals surface area contributed by atoms with Gasteiger partial charge >= 0.3 is 5.97 Å². The Bertz CT molecular complexity index is 236. The van der Waals surface area contributed by atoms with Gasteiger partial charge in [-0.2, -0.15) is 0 Å². The van der Waals surface area contributed by atoms with Crippen molar-refractivity contribution < 1.29 is 19.0 Å². The molecule has 2 fully saturated rings. The molecular weight excluding hydrogens is 172 g/mol. The minimum absolute atomic E-state index is 0.140. The first-order valence-electron chi connectivity index (χ1n) is 4.59. The van der Waals surface area contributed by atoms with Crippen LogP contribution in [0, 0.1) is 0 Å². The van der Waals surface area contributed by atoms with E-state index in [9.17, 15) is 4.79 Å². The molecule has 0 N–H and O–H groups in total. The van der Waals surface area contributed by atoms with Crippen LogP contribution in [0.4, 0.5) is 0 Å². The van der Waals surface area contributed by atoms with Crippen molar-refractivity contribution in [3.8, 4) is 0 Å². The maximum atomic E-state index is 11.3. The molecular formula is C9H14O4. The van der Waals surface area contributed by atoms with Gasteiger partial charge in [0.2, 0.25) is 0 Å². The van der Waals surface area contributed by atoms with E-state index in [4.69, 9.17) is 14.2 Å². The summed E-state index contributed by atoms with van der Waals surface area (Å²) in [6, 6.07) is 0. The molecule has 0 saturated carbocycles. The molecule has 74 valence electrons. The molecule has 0 aliphatic carbocycles. The Kier molecular flexibility index (Phi) is 1.85. The highest BCUT2D eigenvalue weighted by Crippen LogP contribution is 2.36. The molecule has 2 saturated heterocycles. The highest BCUT2D eigenvalue weighted by molar-refractivity contribution is 5.78. The smallest absolute Gasteiger partial charge is 0.338 e. The third-order valence-electron chi connectivity index (χ3n) is 2.40. The number of esters is 1. The Hall–Kier alpha value is -0.610. The van der Waals surface area contributed by atoms with Gasteiger partial charge in [-0.05, 0) is 20.3 Å². The largest absolute Gasteiger partial charge is 0.457 e. The fourth-order valence-electron chi connectivity index (χ4n) is 1.84. The van der Waals surface area contributed by atoms with Crippen LogP contribution in [0.15, 0.2) is 0 Å². The number of cyclic esters (lactones) is 1. The molecule has 3 atom stereocenters. The molecule has 0 bridgehead atoms. The van der Waals surface area contributed by atoms with Crippen LogP contribution in [-0.2, 0) is 19.0 Å². The Balaban J connectivity index is 2.17. The lowest BCUT2D eigenvalue weighted by Crippen LogP contribution is -2.28. The van der Waals surface area contributed by atoms with Gasteiger partial charge in [0.05, 0.1) is 0 Å². The molecule has 0 aromatic rings. The lowest BCUT2D eigenvalue weighted by atomic mass is 10.1. The Labute approximate surface area is 77.1 Å².